The summed E-state index contributed by atoms with van der Waals surface area (Å²) < 4.78 is 5.36. The van der Waals surface area contributed by atoms with E-state index in [-0.39, 0.29) is 24.0 Å². The highest BCUT2D eigenvalue weighted by molar-refractivity contribution is 5.79. The second-order valence-corrected chi connectivity index (χ2v) is 6.94. The van der Waals surface area contributed by atoms with E-state index in [1.54, 1.807) is 4.90 Å². The lowest BCUT2D eigenvalue weighted by atomic mass is 9.95. The van der Waals surface area contributed by atoms with E-state index < -0.39 is 5.60 Å². The van der Waals surface area contributed by atoms with Crippen molar-refractivity contribution in [2.24, 2.45) is 5.92 Å². The van der Waals surface area contributed by atoms with E-state index in [0.717, 1.165) is 12.8 Å². The zero-order valence-electron chi connectivity index (χ0n) is 14.1. The van der Waals surface area contributed by atoms with Crippen molar-refractivity contribution in [2.75, 3.05) is 13.1 Å². The second-order valence-electron chi connectivity index (χ2n) is 6.94. The van der Waals surface area contributed by atoms with Crippen molar-refractivity contribution in [1.82, 2.24) is 10.2 Å². The van der Waals surface area contributed by atoms with Gasteiger partial charge in [-0.25, -0.2) is 4.79 Å². The first-order valence-corrected chi connectivity index (χ1v) is 8.01. The number of piperidine rings is 1. The van der Waals surface area contributed by atoms with Gasteiger partial charge in [0.15, 0.2) is 0 Å². The van der Waals surface area contributed by atoms with Crippen molar-refractivity contribution >= 4 is 12.0 Å². The SMILES string of the molecule is CCC[C@@H](C)NC(=O)C1CCN(C(=O)OC(C)(C)C)CC1. The number of nitrogens with one attached hydrogen (secondary N) is 1. The molecule has 0 spiro atoms. The van der Waals surface area contributed by atoms with Crippen LogP contribution in [0.1, 0.15) is 60.3 Å². The van der Waals surface area contributed by atoms with Crippen LogP contribution in [0.5, 0.6) is 0 Å². The van der Waals surface area contributed by atoms with E-state index in [1.807, 2.05) is 27.7 Å². The van der Waals surface area contributed by atoms with E-state index >= 15 is 0 Å². The van der Waals surface area contributed by atoms with E-state index in [2.05, 4.69) is 12.2 Å². The van der Waals surface area contributed by atoms with Gasteiger partial charge in [-0.15, -0.1) is 0 Å². The van der Waals surface area contributed by atoms with Crippen molar-refractivity contribution in [2.45, 2.75) is 71.9 Å². The standard InChI is InChI=1S/C16H30N2O3/c1-6-7-12(2)17-14(19)13-8-10-18(11-9-13)15(20)21-16(3,4)5/h12-13H,6-11H2,1-5H3,(H,17,19)/t12-/m1/s1. The Morgan fingerprint density at radius 2 is 1.86 bits per heavy atom. The Morgan fingerprint density at radius 1 is 1.29 bits per heavy atom. The summed E-state index contributed by atoms with van der Waals surface area (Å²) in [6.07, 6.45) is 3.22. The lowest BCUT2D eigenvalue weighted by molar-refractivity contribution is -0.127. The Hall–Kier alpha value is -1.26. The van der Waals surface area contributed by atoms with Gasteiger partial charge in [-0.05, 0) is 47.0 Å². The summed E-state index contributed by atoms with van der Waals surface area (Å²) in [6, 6.07) is 0.228. The predicted molar refractivity (Wildman–Crippen MR) is 83.0 cm³/mol. The summed E-state index contributed by atoms with van der Waals surface area (Å²) in [4.78, 5) is 25.8. The summed E-state index contributed by atoms with van der Waals surface area (Å²) in [5.74, 6) is 0.141. The van der Waals surface area contributed by atoms with Crippen LogP contribution in [-0.2, 0) is 9.53 Å². The van der Waals surface area contributed by atoms with Gasteiger partial charge in [-0.2, -0.15) is 0 Å². The summed E-state index contributed by atoms with van der Waals surface area (Å²) in [7, 11) is 0. The van der Waals surface area contributed by atoms with Gasteiger partial charge in [-0.3, -0.25) is 4.79 Å². The maximum atomic E-state index is 12.1. The smallest absolute Gasteiger partial charge is 0.410 e. The predicted octanol–water partition coefficient (Wildman–Crippen LogP) is 2.94. The van der Waals surface area contributed by atoms with E-state index in [4.69, 9.17) is 4.74 Å². The molecule has 5 nitrogen and oxygen atoms in total. The highest BCUT2D eigenvalue weighted by Crippen LogP contribution is 2.20. The molecule has 1 atom stereocenters. The van der Waals surface area contributed by atoms with Crippen LogP contribution in [0.25, 0.3) is 0 Å². The van der Waals surface area contributed by atoms with Gasteiger partial charge >= 0.3 is 6.09 Å². The van der Waals surface area contributed by atoms with Crippen LogP contribution in [0.15, 0.2) is 0 Å². The quantitative estimate of drug-likeness (QED) is 0.868. The van der Waals surface area contributed by atoms with Crippen LogP contribution in [0.3, 0.4) is 0 Å². The molecule has 0 radical (unpaired) electrons. The van der Waals surface area contributed by atoms with Crippen LogP contribution in [-0.4, -0.2) is 41.6 Å². The van der Waals surface area contributed by atoms with Crippen molar-refractivity contribution in [3.05, 3.63) is 0 Å². The third-order valence-corrected chi connectivity index (χ3v) is 3.63. The van der Waals surface area contributed by atoms with Gasteiger partial charge in [0.05, 0.1) is 0 Å². The van der Waals surface area contributed by atoms with Crippen LogP contribution < -0.4 is 5.32 Å². The molecular weight excluding hydrogens is 268 g/mol. The lowest BCUT2D eigenvalue weighted by Crippen LogP contribution is -2.46. The Kier molecular flexibility index (Phi) is 6.49. The molecule has 1 N–H and O–H groups in total. The first-order valence-electron chi connectivity index (χ1n) is 8.01. The molecule has 0 saturated carbocycles. The van der Waals surface area contributed by atoms with Gasteiger partial charge in [0.2, 0.25) is 5.91 Å². The molecule has 1 fully saturated rings. The third-order valence-electron chi connectivity index (χ3n) is 3.63. The van der Waals surface area contributed by atoms with E-state index in [0.29, 0.717) is 25.9 Å². The topological polar surface area (TPSA) is 58.6 Å². The fourth-order valence-corrected chi connectivity index (χ4v) is 2.52. The zero-order chi connectivity index (χ0) is 16.0. The van der Waals surface area contributed by atoms with Crippen LogP contribution in [0.4, 0.5) is 4.79 Å². The molecule has 0 aromatic heterocycles. The molecule has 0 aromatic carbocycles. The minimum Gasteiger partial charge on any atom is -0.444 e. The molecule has 0 unspecified atom stereocenters. The first kappa shape index (κ1) is 17.8. The maximum Gasteiger partial charge on any atom is 0.410 e. The number of hydrogen-bond acceptors (Lipinski definition) is 3. The average Bonchev–Trinajstić information content (AvgIpc) is 2.37. The Labute approximate surface area is 128 Å². The second kappa shape index (κ2) is 7.66. The minimum atomic E-state index is -0.471. The summed E-state index contributed by atoms with van der Waals surface area (Å²) in [5, 5.41) is 3.06. The molecule has 0 bridgehead atoms. The Balaban J connectivity index is 2.38. The minimum absolute atomic E-state index is 0.0167. The molecule has 5 heteroatoms. The van der Waals surface area contributed by atoms with Crippen LogP contribution in [0, 0.1) is 5.92 Å². The third kappa shape index (κ3) is 6.36. The fourth-order valence-electron chi connectivity index (χ4n) is 2.52. The van der Waals surface area contributed by atoms with Crippen molar-refractivity contribution in [1.29, 1.82) is 0 Å². The van der Waals surface area contributed by atoms with Gasteiger partial charge in [0.1, 0.15) is 5.60 Å². The maximum absolute atomic E-state index is 12.1. The first-order chi connectivity index (χ1) is 9.73. The number of rotatable bonds is 4. The lowest BCUT2D eigenvalue weighted by Gasteiger charge is -2.33. The van der Waals surface area contributed by atoms with Gasteiger partial charge in [-0.1, -0.05) is 13.3 Å². The van der Waals surface area contributed by atoms with Gasteiger partial charge < -0.3 is 15.0 Å². The Bertz CT molecular complexity index is 355. The van der Waals surface area contributed by atoms with E-state index in [1.165, 1.54) is 0 Å². The summed E-state index contributed by atoms with van der Waals surface area (Å²) in [5.41, 5.74) is -0.471. The molecule has 0 aliphatic carbocycles. The van der Waals surface area contributed by atoms with E-state index in [9.17, 15) is 9.59 Å². The number of amides is 2. The monoisotopic (exact) mass is 298 g/mol. The highest BCUT2D eigenvalue weighted by Gasteiger charge is 2.30. The van der Waals surface area contributed by atoms with Gasteiger partial charge in [0, 0.05) is 25.0 Å². The number of carbonyl (C=O) groups is 2. The molecule has 1 heterocycles. The molecule has 21 heavy (non-hydrogen) atoms. The molecular formula is C16H30N2O3. The summed E-state index contributed by atoms with van der Waals surface area (Å²) >= 11 is 0. The molecule has 1 rings (SSSR count). The Morgan fingerprint density at radius 3 is 2.33 bits per heavy atom. The molecule has 1 aliphatic heterocycles. The number of ether oxygens (including phenoxy) is 1. The van der Waals surface area contributed by atoms with Crippen LogP contribution >= 0.6 is 0 Å². The largest absolute Gasteiger partial charge is 0.444 e. The highest BCUT2D eigenvalue weighted by atomic mass is 16.6. The molecule has 1 aliphatic rings. The van der Waals surface area contributed by atoms with Crippen molar-refractivity contribution < 1.29 is 14.3 Å². The molecule has 0 aromatic rings. The fraction of sp³-hybridized carbons (Fsp3) is 0.875. The number of likely N-dealkylation sites (tertiary alicyclic amines) is 1. The average molecular weight is 298 g/mol. The number of hydrogen-bond donors (Lipinski definition) is 1. The number of nitrogens with zero attached hydrogens (tertiary/aromatic N) is 1. The summed E-state index contributed by atoms with van der Waals surface area (Å²) in [6.45, 7) is 10.9. The molecule has 1 saturated heterocycles. The normalized spacial score (nSPS) is 18.2. The van der Waals surface area contributed by atoms with Gasteiger partial charge in [0.25, 0.3) is 0 Å². The molecule has 2 amide bonds. The zero-order valence-corrected chi connectivity index (χ0v) is 14.1. The van der Waals surface area contributed by atoms with Crippen molar-refractivity contribution in [3.63, 3.8) is 0 Å². The number of carbonyl (C=O) groups excluding carboxylic acids is 2. The van der Waals surface area contributed by atoms with Crippen LogP contribution in [0.2, 0.25) is 0 Å². The molecule has 122 valence electrons. The van der Waals surface area contributed by atoms with Crippen molar-refractivity contribution in [3.8, 4) is 0 Å².